The molecule has 4 heteroatoms. The summed E-state index contributed by atoms with van der Waals surface area (Å²) < 4.78 is 10.6. The van der Waals surface area contributed by atoms with Crippen LogP contribution in [-0.2, 0) is 9.47 Å². The van der Waals surface area contributed by atoms with Crippen LogP contribution in [0, 0.1) is 0 Å². The van der Waals surface area contributed by atoms with Crippen molar-refractivity contribution in [3.8, 4) is 0 Å². The summed E-state index contributed by atoms with van der Waals surface area (Å²) in [4.78, 5) is 2.46. The fraction of sp³-hybridized carbons (Fsp3) is 1.00. The standard InChI is InChI=1S/C12H26N2O2/c1-12(10-13,6-8-15-2)14-7-4-5-11(9-14)16-3/h11H,4-10,13H2,1-3H3. The van der Waals surface area contributed by atoms with Gasteiger partial charge in [-0.2, -0.15) is 0 Å². The van der Waals surface area contributed by atoms with Gasteiger partial charge in [0.25, 0.3) is 0 Å². The number of likely N-dealkylation sites (tertiary alicyclic amines) is 1. The van der Waals surface area contributed by atoms with Crippen LogP contribution in [0.2, 0.25) is 0 Å². The van der Waals surface area contributed by atoms with Crippen molar-refractivity contribution in [2.45, 2.75) is 37.8 Å². The van der Waals surface area contributed by atoms with Crippen LogP contribution in [0.15, 0.2) is 0 Å². The van der Waals surface area contributed by atoms with Gasteiger partial charge < -0.3 is 15.2 Å². The van der Waals surface area contributed by atoms with Gasteiger partial charge in [-0.15, -0.1) is 0 Å². The lowest BCUT2D eigenvalue weighted by Crippen LogP contribution is -2.56. The Morgan fingerprint density at radius 2 is 2.19 bits per heavy atom. The van der Waals surface area contributed by atoms with Gasteiger partial charge in [0, 0.05) is 39.5 Å². The molecule has 0 aromatic carbocycles. The minimum absolute atomic E-state index is 0.0488. The van der Waals surface area contributed by atoms with Crippen molar-refractivity contribution in [1.29, 1.82) is 0 Å². The highest BCUT2D eigenvalue weighted by molar-refractivity contribution is 4.90. The molecular weight excluding hydrogens is 204 g/mol. The molecule has 2 unspecified atom stereocenters. The molecule has 96 valence electrons. The van der Waals surface area contributed by atoms with E-state index in [1.165, 1.54) is 6.42 Å². The fourth-order valence-electron chi connectivity index (χ4n) is 2.33. The molecule has 0 radical (unpaired) electrons. The predicted molar refractivity (Wildman–Crippen MR) is 65.6 cm³/mol. The van der Waals surface area contributed by atoms with Gasteiger partial charge in [-0.25, -0.2) is 0 Å². The van der Waals surface area contributed by atoms with Crippen molar-refractivity contribution in [3.63, 3.8) is 0 Å². The molecule has 4 nitrogen and oxygen atoms in total. The number of ether oxygens (including phenoxy) is 2. The summed E-state index contributed by atoms with van der Waals surface area (Å²) in [5.41, 5.74) is 5.98. The first-order valence-electron chi connectivity index (χ1n) is 6.13. The Morgan fingerprint density at radius 3 is 2.75 bits per heavy atom. The minimum atomic E-state index is 0.0488. The number of methoxy groups -OCH3 is 2. The molecule has 0 amide bonds. The first-order chi connectivity index (χ1) is 7.66. The Hall–Kier alpha value is -0.160. The first kappa shape index (κ1) is 13.9. The summed E-state index contributed by atoms with van der Waals surface area (Å²) >= 11 is 0. The van der Waals surface area contributed by atoms with Crippen LogP contribution < -0.4 is 5.73 Å². The third-order valence-corrected chi connectivity index (χ3v) is 3.76. The van der Waals surface area contributed by atoms with Gasteiger partial charge in [-0.1, -0.05) is 0 Å². The van der Waals surface area contributed by atoms with Crippen LogP contribution in [0.3, 0.4) is 0 Å². The molecule has 1 fully saturated rings. The zero-order valence-corrected chi connectivity index (χ0v) is 10.9. The second-order valence-corrected chi connectivity index (χ2v) is 4.89. The Labute approximate surface area is 99.1 Å². The molecule has 16 heavy (non-hydrogen) atoms. The lowest BCUT2D eigenvalue weighted by atomic mass is 9.92. The van der Waals surface area contributed by atoms with Crippen molar-refractivity contribution in [1.82, 2.24) is 4.90 Å². The normalized spacial score (nSPS) is 26.6. The topological polar surface area (TPSA) is 47.7 Å². The van der Waals surface area contributed by atoms with E-state index < -0.39 is 0 Å². The summed E-state index contributed by atoms with van der Waals surface area (Å²) in [6.45, 7) is 5.78. The van der Waals surface area contributed by atoms with Crippen LogP contribution in [-0.4, -0.2) is 57.0 Å². The first-order valence-corrected chi connectivity index (χ1v) is 6.13. The van der Waals surface area contributed by atoms with Gasteiger partial charge >= 0.3 is 0 Å². The van der Waals surface area contributed by atoms with Gasteiger partial charge in [0.15, 0.2) is 0 Å². The smallest absolute Gasteiger partial charge is 0.0698 e. The molecule has 2 N–H and O–H groups in total. The second-order valence-electron chi connectivity index (χ2n) is 4.89. The zero-order chi connectivity index (χ0) is 12.0. The van der Waals surface area contributed by atoms with E-state index in [-0.39, 0.29) is 5.54 Å². The van der Waals surface area contributed by atoms with E-state index in [0.29, 0.717) is 12.6 Å². The monoisotopic (exact) mass is 230 g/mol. The van der Waals surface area contributed by atoms with Gasteiger partial charge in [0.1, 0.15) is 0 Å². The van der Waals surface area contributed by atoms with Crippen LogP contribution >= 0.6 is 0 Å². The fourth-order valence-corrected chi connectivity index (χ4v) is 2.33. The van der Waals surface area contributed by atoms with E-state index in [0.717, 1.165) is 32.5 Å². The molecular formula is C12H26N2O2. The molecule has 1 aliphatic rings. The number of rotatable bonds is 6. The summed E-state index contributed by atoms with van der Waals surface area (Å²) in [6, 6.07) is 0. The Balaban J connectivity index is 2.56. The largest absolute Gasteiger partial charge is 0.385 e. The average Bonchev–Trinajstić information content (AvgIpc) is 2.36. The summed E-state index contributed by atoms with van der Waals surface area (Å²) in [5.74, 6) is 0. The Bertz CT molecular complexity index is 201. The molecule has 1 aliphatic heterocycles. The molecule has 0 aromatic heterocycles. The maximum Gasteiger partial charge on any atom is 0.0698 e. The zero-order valence-electron chi connectivity index (χ0n) is 10.9. The number of nitrogens with zero attached hydrogens (tertiary/aromatic N) is 1. The quantitative estimate of drug-likeness (QED) is 0.735. The SMILES string of the molecule is COCCC(C)(CN)N1CCCC(OC)C1. The third-order valence-electron chi connectivity index (χ3n) is 3.76. The Kier molecular flexibility index (Phi) is 5.69. The van der Waals surface area contributed by atoms with E-state index in [4.69, 9.17) is 15.2 Å². The van der Waals surface area contributed by atoms with E-state index in [1.807, 2.05) is 0 Å². The minimum Gasteiger partial charge on any atom is -0.385 e. The molecule has 1 rings (SSSR count). The molecule has 0 aliphatic carbocycles. The van der Waals surface area contributed by atoms with Crippen LogP contribution in [0.5, 0.6) is 0 Å². The molecule has 1 heterocycles. The predicted octanol–water partition coefficient (Wildman–Crippen LogP) is 0.851. The van der Waals surface area contributed by atoms with E-state index in [9.17, 15) is 0 Å². The number of hydrogen-bond donors (Lipinski definition) is 1. The highest BCUT2D eigenvalue weighted by atomic mass is 16.5. The van der Waals surface area contributed by atoms with Crippen LogP contribution in [0.4, 0.5) is 0 Å². The maximum atomic E-state index is 5.93. The molecule has 2 atom stereocenters. The summed E-state index contributed by atoms with van der Waals surface area (Å²) in [7, 11) is 3.54. The lowest BCUT2D eigenvalue weighted by Gasteiger charge is -2.44. The summed E-state index contributed by atoms with van der Waals surface area (Å²) in [5, 5.41) is 0. The third kappa shape index (κ3) is 3.42. The van der Waals surface area contributed by atoms with E-state index >= 15 is 0 Å². The van der Waals surface area contributed by atoms with Crippen molar-refractivity contribution >= 4 is 0 Å². The average molecular weight is 230 g/mol. The maximum absolute atomic E-state index is 5.93. The van der Waals surface area contributed by atoms with Gasteiger partial charge in [-0.3, -0.25) is 4.90 Å². The number of piperidine rings is 1. The summed E-state index contributed by atoms with van der Waals surface area (Å²) in [6.07, 6.45) is 3.71. The molecule has 0 aromatic rings. The van der Waals surface area contributed by atoms with Gasteiger partial charge in [-0.05, 0) is 32.7 Å². The number of nitrogens with two attached hydrogens (primary N) is 1. The molecule has 0 bridgehead atoms. The van der Waals surface area contributed by atoms with Crippen molar-refractivity contribution < 1.29 is 9.47 Å². The molecule has 0 saturated carbocycles. The second kappa shape index (κ2) is 6.55. The molecule has 0 spiro atoms. The number of hydrogen-bond acceptors (Lipinski definition) is 4. The van der Waals surface area contributed by atoms with E-state index in [1.54, 1.807) is 14.2 Å². The van der Waals surface area contributed by atoms with Crippen molar-refractivity contribution in [2.24, 2.45) is 5.73 Å². The Morgan fingerprint density at radius 1 is 1.44 bits per heavy atom. The highest BCUT2D eigenvalue weighted by Crippen LogP contribution is 2.24. The van der Waals surface area contributed by atoms with Crippen LogP contribution in [0.25, 0.3) is 0 Å². The van der Waals surface area contributed by atoms with Gasteiger partial charge in [0.2, 0.25) is 0 Å². The van der Waals surface area contributed by atoms with Gasteiger partial charge in [0.05, 0.1) is 6.10 Å². The highest BCUT2D eigenvalue weighted by Gasteiger charge is 2.33. The molecule has 1 saturated heterocycles. The van der Waals surface area contributed by atoms with E-state index in [2.05, 4.69) is 11.8 Å². The lowest BCUT2D eigenvalue weighted by molar-refractivity contribution is -0.0206. The van der Waals surface area contributed by atoms with Crippen molar-refractivity contribution in [3.05, 3.63) is 0 Å². The van der Waals surface area contributed by atoms with Crippen molar-refractivity contribution in [2.75, 3.05) is 40.5 Å². The van der Waals surface area contributed by atoms with Crippen LogP contribution in [0.1, 0.15) is 26.2 Å².